The molecule has 2 nitrogen and oxygen atoms in total. The molecule has 1 unspecified atom stereocenters. The van der Waals surface area contributed by atoms with Crippen molar-refractivity contribution in [3.05, 3.63) is 48.0 Å². The molecule has 2 aromatic carbocycles. The molecule has 1 fully saturated rings. The van der Waals surface area contributed by atoms with Gasteiger partial charge in [0.05, 0.1) is 12.6 Å². The fraction of sp³-hybridized carbons (Fsp3) is 0.444. The minimum absolute atomic E-state index is 0.0456. The number of aliphatic hydroxyl groups excluding tert-OH is 1. The van der Waals surface area contributed by atoms with E-state index in [0.29, 0.717) is 6.04 Å². The summed E-state index contributed by atoms with van der Waals surface area (Å²) in [6, 6.07) is 15.4. The zero-order valence-corrected chi connectivity index (χ0v) is 11.9. The Morgan fingerprint density at radius 1 is 1.00 bits per heavy atom. The van der Waals surface area contributed by atoms with E-state index in [0.717, 1.165) is 0 Å². The van der Waals surface area contributed by atoms with E-state index >= 15 is 0 Å². The molecule has 2 N–H and O–H groups in total. The second kappa shape index (κ2) is 6.38. The molecule has 0 aliphatic heterocycles. The number of nitrogens with one attached hydrogen (secondary N) is 1. The maximum absolute atomic E-state index is 9.81. The van der Waals surface area contributed by atoms with Crippen LogP contribution >= 0.6 is 0 Å². The monoisotopic (exact) mass is 269 g/mol. The van der Waals surface area contributed by atoms with E-state index in [-0.39, 0.29) is 12.6 Å². The molecule has 0 aromatic heterocycles. The van der Waals surface area contributed by atoms with Gasteiger partial charge in [0.1, 0.15) is 0 Å². The van der Waals surface area contributed by atoms with E-state index < -0.39 is 0 Å². The normalized spacial score (nSPS) is 18.2. The first-order valence-electron chi connectivity index (χ1n) is 7.73. The summed E-state index contributed by atoms with van der Waals surface area (Å²) in [6.45, 7) is 0.157. The number of benzene rings is 2. The van der Waals surface area contributed by atoms with Crippen LogP contribution in [-0.4, -0.2) is 17.8 Å². The first-order valence-corrected chi connectivity index (χ1v) is 7.73. The summed E-state index contributed by atoms with van der Waals surface area (Å²) in [5.74, 6) is 0. The summed E-state index contributed by atoms with van der Waals surface area (Å²) in [5, 5.41) is 16.0. The van der Waals surface area contributed by atoms with Gasteiger partial charge in [-0.05, 0) is 29.2 Å². The lowest BCUT2D eigenvalue weighted by atomic mass is 9.93. The molecule has 1 atom stereocenters. The maximum Gasteiger partial charge on any atom is 0.0626 e. The van der Waals surface area contributed by atoms with Crippen LogP contribution in [0.2, 0.25) is 0 Å². The van der Waals surface area contributed by atoms with Crippen molar-refractivity contribution in [2.24, 2.45) is 0 Å². The summed E-state index contributed by atoms with van der Waals surface area (Å²) in [5.41, 5.74) is 1.22. The molecule has 0 spiro atoms. The Balaban J connectivity index is 1.86. The smallest absolute Gasteiger partial charge is 0.0626 e. The quantitative estimate of drug-likeness (QED) is 0.885. The van der Waals surface area contributed by atoms with Crippen LogP contribution in [-0.2, 0) is 0 Å². The van der Waals surface area contributed by atoms with Gasteiger partial charge in [0.15, 0.2) is 0 Å². The summed E-state index contributed by atoms with van der Waals surface area (Å²) >= 11 is 0. The zero-order chi connectivity index (χ0) is 13.8. The Hall–Kier alpha value is -1.38. The fourth-order valence-corrected chi connectivity index (χ4v) is 3.35. The molecular weight excluding hydrogens is 246 g/mol. The first-order chi connectivity index (χ1) is 9.88. The predicted octanol–water partition coefficient (Wildman–Crippen LogP) is 3.80. The fourth-order valence-electron chi connectivity index (χ4n) is 3.35. The molecule has 20 heavy (non-hydrogen) atoms. The minimum Gasteiger partial charge on any atom is -0.394 e. The van der Waals surface area contributed by atoms with E-state index in [1.807, 2.05) is 0 Å². The van der Waals surface area contributed by atoms with Gasteiger partial charge >= 0.3 is 0 Å². The van der Waals surface area contributed by atoms with Crippen LogP contribution in [0.4, 0.5) is 0 Å². The van der Waals surface area contributed by atoms with Crippen molar-refractivity contribution in [1.82, 2.24) is 5.32 Å². The molecule has 0 radical (unpaired) electrons. The third-order valence-corrected chi connectivity index (χ3v) is 4.42. The van der Waals surface area contributed by atoms with Gasteiger partial charge in [-0.3, -0.25) is 0 Å². The highest BCUT2D eigenvalue weighted by Crippen LogP contribution is 2.26. The lowest BCUT2D eigenvalue weighted by Gasteiger charge is -2.28. The van der Waals surface area contributed by atoms with Crippen LogP contribution in [0.15, 0.2) is 42.5 Å². The first kappa shape index (κ1) is 13.6. The molecule has 2 aromatic rings. The SMILES string of the molecule is OCC(NC1CCCCC1)c1cccc2ccccc12. The number of hydrogen-bond donors (Lipinski definition) is 2. The summed E-state index contributed by atoms with van der Waals surface area (Å²) in [4.78, 5) is 0. The Morgan fingerprint density at radius 3 is 2.55 bits per heavy atom. The Labute approximate surface area is 120 Å². The predicted molar refractivity (Wildman–Crippen MR) is 83.8 cm³/mol. The second-order valence-corrected chi connectivity index (χ2v) is 5.81. The van der Waals surface area contributed by atoms with Gasteiger partial charge < -0.3 is 10.4 Å². The molecular formula is C18H23NO. The number of rotatable bonds is 4. The number of aliphatic hydroxyl groups is 1. The maximum atomic E-state index is 9.81. The third kappa shape index (κ3) is 2.87. The van der Waals surface area contributed by atoms with Gasteiger partial charge in [0, 0.05) is 6.04 Å². The molecule has 1 saturated carbocycles. The van der Waals surface area contributed by atoms with Crippen molar-refractivity contribution in [1.29, 1.82) is 0 Å². The van der Waals surface area contributed by atoms with E-state index in [9.17, 15) is 5.11 Å². The highest BCUT2D eigenvalue weighted by Gasteiger charge is 2.19. The minimum atomic E-state index is 0.0456. The van der Waals surface area contributed by atoms with Crippen LogP contribution in [0.25, 0.3) is 10.8 Å². The van der Waals surface area contributed by atoms with Crippen molar-refractivity contribution in [2.75, 3.05) is 6.61 Å². The number of hydrogen-bond acceptors (Lipinski definition) is 2. The molecule has 106 valence electrons. The van der Waals surface area contributed by atoms with Crippen molar-refractivity contribution in [2.45, 2.75) is 44.2 Å². The lowest BCUT2D eigenvalue weighted by Crippen LogP contribution is -2.36. The van der Waals surface area contributed by atoms with Crippen molar-refractivity contribution >= 4 is 10.8 Å². The zero-order valence-electron chi connectivity index (χ0n) is 11.9. The summed E-state index contributed by atoms with van der Waals surface area (Å²) < 4.78 is 0. The standard InChI is InChI=1S/C18H23NO/c20-13-18(19-15-9-2-1-3-10-15)17-12-6-8-14-7-4-5-11-16(14)17/h4-8,11-12,15,18-20H,1-3,9-10,13H2. The van der Waals surface area contributed by atoms with Crippen molar-refractivity contribution < 1.29 is 5.11 Å². The van der Waals surface area contributed by atoms with E-state index in [1.165, 1.54) is 48.4 Å². The van der Waals surface area contributed by atoms with Crippen LogP contribution in [0, 0.1) is 0 Å². The highest BCUT2D eigenvalue weighted by molar-refractivity contribution is 5.86. The summed E-state index contributed by atoms with van der Waals surface area (Å²) in [7, 11) is 0. The van der Waals surface area contributed by atoms with Gasteiger partial charge in [0.25, 0.3) is 0 Å². The largest absolute Gasteiger partial charge is 0.394 e. The van der Waals surface area contributed by atoms with E-state index in [2.05, 4.69) is 47.8 Å². The van der Waals surface area contributed by atoms with Crippen molar-refractivity contribution in [3.8, 4) is 0 Å². The van der Waals surface area contributed by atoms with Gasteiger partial charge in [-0.2, -0.15) is 0 Å². The molecule has 1 aliphatic carbocycles. The molecule has 0 saturated heterocycles. The van der Waals surface area contributed by atoms with E-state index in [1.54, 1.807) is 0 Å². The Kier molecular flexibility index (Phi) is 4.34. The summed E-state index contributed by atoms with van der Waals surface area (Å²) in [6.07, 6.45) is 6.45. The van der Waals surface area contributed by atoms with Crippen LogP contribution in [0.1, 0.15) is 43.7 Å². The molecule has 0 bridgehead atoms. The average Bonchev–Trinajstić information content (AvgIpc) is 2.53. The average molecular weight is 269 g/mol. The molecule has 0 heterocycles. The second-order valence-electron chi connectivity index (χ2n) is 5.81. The molecule has 0 amide bonds. The molecule has 1 aliphatic rings. The van der Waals surface area contributed by atoms with Gasteiger partial charge in [-0.15, -0.1) is 0 Å². The lowest BCUT2D eigenvalue weighted by molar-refractivity contribution is 0.221. The van der Waals surface area contributed by atoms with Crippen molar-refractivity contribution in [3.63, 3.8) is 0 Å². The Bertz CT molecular complexity index is 555. The van der Waals surface area contributed by atoms with Gasteiger partial charge in [-0.25, -0.2) is 0 Å². The highest BCUT2D eigenvalue weighted by atomic mass is 16.3. The van der Waals surface area contributed by atoms with Crippen LogP contribution in [0.3, 0.4) is 0 Å². The Morgan fingerprint density at radius 2 is 1.75 bits per heavy atom. The van der Waals surface area contributed by atoms with E-state index in [4.69, 9.17) is 0 Å². The van der Waals surface area contributed by atoms with Crippen LogP contribution < -0.4 is 5.32 Å². The topological polar surface area (TPSA) is 32.3 Å². The molecule has 2 heteroatoms. The molecule has 3 rings (SSSR count). The third-order valence-electron chi connectivity index (χ3n) is 4.42. The van der Waals surface area contributed by atoms with Gasteiger partial charge in [0.2, 0.25) is 0 Å². The number of fused-ring (bicyclic) bond motifs is 1. The van der Waals surface area contributed by atoms with Gasteiger partial charge in [-0.1, -0.05) is 61.7 Å². The van der Waals surface area contributed by atoms with Crippen LogP contribution in [0.5, 0.6) is 0 Å².